The number of carbonyl (C=O) groups is 1. The van der Waals surface area contributed by atoms with E-state index in [9.17, 15) is 18.0 Å². The van der Waals surface area contributed by atoms with E-state index in [0.29, 0.717) is 10.0 Å². The van der Waals surface area contributed by atoms with E-state index in [0.717, 1.165) is 12.1 Å². The maximum Gasteiger partial charge on any atom is 0.255 e. The zero-order chi connectivity index (χ0) is 18.8. The SMILES string of the molecule is Cn1cc(C(=O)NCc2cc(F)cc(Br)c2)c(-c2ccc(F)cc2F)n1. The number of amides is 1. The van der Waals surface area contributed by atoms with Crippen LogP contribution in [0.5, 0.6) is 0 Å². The van der Waals surface area contributed by atoms with Crippen LogP contribution in [0.3, 0.4) is 0 Å². The lowest BCUT2D eigenvalue weighted by Gasteiger charge is -2.07. The molecule has 1 amide bonds. The molecule has 8 heteroatoms. The van der Waals surface area contributed by atoms with Crippen LogP contribution in [0.25, 0.3) is 11.3 Å². The highest BCUT2D eigenvalue weighted by Crippen LogP contribution is 2.25. The topological polar surface area (TPSA) is 46.9 Å². The molecule has 1 N–H and O–H groups in total. The lowest BCUT2D eigenvalue weighted by molar-refractivity contribution is 0.0951. The third-order valence-corrected chi connectivity index (χ3v) is 4.09. The standard InChI is InChI=1S/C18H13BrF3N3O/c1-25-9-15(17(24-25)14-3-2-12(20)7-16(14)22)18(26)23-8-10-4-11(19)6-13(21)5-10/h2-7,9H,8H2,1H3,(H,23,26). The lowest BCUT2D eigenvalue weighted by atomic mass is 10.1. The van der Waals surface area contributed by atoms with E-state index in [1.54, 1.807) is 13.1 Å². The summed E-state index contributed by atoms with van der Waals surface area (Å²) < 4.78 is 42.5. The number of nitrogens with zero attached hydrogens (tertiary/aromatic N) is 2. The van der Waals surface area contributed by atoms with E-state index in [-0.39, 0.29) is 23.4 Å². The summed E-state index contributed by atoms with van der Waals surface area (Å²) in [5.74, 6) is -2.46. The number of aryl methyl sites for hydroxylation is 1. The van der Waals surface area contributed by atoms with Crippen molar-refractivity contribution >= 4 is 21.8 Å². The molecule has 0 aliphatic carbocycles. The molecule has 0 aliphatic rings. The van der Waals surface area contributed by atoms with Crippen LogP contribution in [0, 0.1) is 17.5 Å². The van der Waals surface area contributed by atoms with Crippen molar-refractivity contribution in [1.82, 2.24) is 15.1 Å². The van der Waals surface area contributed by atoms with Crippen LogP contribution in [0.4, 0.5) is 13.2 Å². The van der Waals surface area contributed by atoms with Crippen molar-refractivity contribution in [3.63, 3.8) is 0 Å². The molecule has 0 atom stereocenters. The van der Waals surface area contributed by atoms with Crippen molar-refractivity contribution in [3.8, 4) is 11.3 Å². The molecule has 0 bridgehead atoms. The molecule has 3 rings (SSSR count). The summed E-state index contributed by atoms with van der Waals surface area (Å²) in [6, 6.07) is 7.34. The monoisotopic (exact) mass is 423 g/mol. The van der Waals surface area contributed by atoms with Crippen LogP contribution < -0.4 is 5.32 Å². The second-order valence-corrected chi connectivity index (χ2v) is 6.57. The third kappa shape index (κ3) is 3.96. The minimum absolute atomic E-state index is 0.0191. The first-order chi connectivity index (χ1) is 12.3. The Labute approximate surface area is 155 Å². The predicted molar refractivity (Wildman–Crippen MR) is 93.8 cm³/mol. The van der Waals surface area contributed by atoms with Crippen molar-refractivity contribution in [3.05, 3.63) is 75.6 Å². The number of nitrogens with one attached hydrogen (secondary N) is 1. The Morgan fingerprint density at radius 2 is 1.92 bits per heavy atom. The van der Waals surface area contributed by atoms with Crippen LogP contribution in [-0.2, 0) is 13.6 Å². The first kappa shape index (κ1) is 18.2. The van der Waals surface area contributed by atoms with Gasteiger partial charge in [0.2, 0.25) is 0 Å². The van der Waals surface area contributed by atoms with E-state index in [1.807, 2.05) is 0 Å². The predicted octanol–water partition coefficient (Wildman–Crippen LogP) is 4.20. The van der Waals surface area contributed by atoms with Gasteiger partial charge in [0, 0.05) is 35.9 Å². The number of halogens is 4. The van der Waals surface area contributed by atoms with Gasteiger partial charge < -0.3 is 5.32 Å². The van der Waals surface area contributed by atoms with Crippen molar-refractivity contribution in [2.24, 2.45) is 7.05 Å². The van der Waals surface area contributed by atoms with Gasteiger partial charge in [0.05, 0.1) is 5.56 Å². The van der Waals surface area contributed by atoms with Crippen LogP contribution in [0.15, 0.2) is 47.1 Å². The summed E-state index contributed by atoms with van der Waals surface area (Å²) in [6.07, 6.45) is 1.44. The highest BCUT2D eigenvalue weighted by atomic mass is 79.9. The molecule has 134 valence electrons. The molecule has 1 aromatic heterocycles. The van der Waals surface area contributed by atoms with Gasteiger partial charge in [-0.25, -0.2) is 13.2 Å². The van der Waals surface area contributed by atoms with Gasteiger partial charge in [0.25, 0.3) is 5.91 Å². The normalized spacial score (nSPS) is 10.8. The number of aromatic nitrogens is 2. The van der Waals surface area contributed by atoms with Gasteiger partial charge in [-0.15, -0.1) is 0 Å². The van der Waals surface area contributed by atoms with Gasteiger partial charge in [-0.1, -0.05) is 15.9 Å². The molecule has 0 radical (unpaired) electrons. The molecule has 2 aromatic carbocycles. The number of carbonyl (C=O) groups excluding carboxylic acids is 1. The zero-order valence-electron chi connectivity index (χ0n) is 13.6. The average Bonchev–Trinajstić information content (AvgIpc) is 2.93. The Hall–Kier alpha value is -2.61. The fourth-order valence-electron chi connectivity index (χ4n) is 2.53. The van der Waals surface area contributed by atoms with Gasteiger partial charge in [0.1, 0.15) is 23.1 Å². The maximum atomic E-state index is 14.1. The van der Waals surface area contributed by atoms with E-state index >= 15 is 0 Å². The van der Waals surface area contributed by atoms with Crippen LogP contribution >= 0.6 is 15.9 Å². The fraction of sp³-hybridized carbons (Fsp3) is 0.111. The highest BCUT2D eigenvalue weighted by molar-refractivity contribution is 9.10. The van der Waals surface area contributed by atoms with Gasteiger partial charge in [-0.3, -0.25) is 9.48 Å². The summed E-state index contributed by atoms with van der Waals surface area (Å²) in [5, 5.41) is 6.75. The van der Waals surface area contributed by atoms with Crippen molar-refractivity contribution in [2.45, 2.75) is 6.54 Å². The largest absolute Gasteiger partial charge is 0.348 e. The van der Waals surface area contributed by atoms with Crippen LogP contribution in [0.2, 0.25) is 0 Å². The zero-order valence-corrected chi connectivity index (χ0v) is 15.1. The summed E-state index contributed by atoms with van der Waals surface area (Å²) >= 11 is 3.19. The first-order valence-corrected chi connectivity index (χ1v) is 8.35. The first-order valence-electron chi connectivity index (χ1n) is 7.55. The molecular weight excluding hydrogens is 411 g/mol. The minimum Gasteiger partial charge on any atom is -0.348 e. The third-order valence-electron chi connectivity index (χ3n) is 3.64. The summed E-state index contributed by atoms with van der Waals surface area (Å²) in [7, 11) is 1.59. The Morgan fingerprint density at radius 3 is 2.62 bits per heavy atom. The highest BCUT2D eigenvalue weighted by Gasteiger charge is 2.20. The smallest absolute Gasteiger partial charge is 0.255 e. The van der Waals surface area contributed by atoms with Gasteiger partial charge in [0.15, 0.2) is 0 Å². The molecule has 4 nitrogen and oxygen atoms in total. The lowest BCUT2D eigenvalue weighted by Crippen LogP contribution is -2.23. The van der Waals surface area contributed by atoms with E-state index in [1.165, 1.54) is 29.1 Å². The van der Waals surface area contributed by atoms with E-state index < -0.39 is 23.4 Å². The molecule has 3 aromatic rings. The molecule has 0 fully saturated rings. The number of hydrogen-bond acceptors (Lipinski definition) is 2. The molecule has 0 saturated carbocycles. The second kappa shape index (κ2) is 7.33. The van der Waals surface area contributed by atoms with Crippen LogP contribution in [0.1, 0.15) is 15.9 Å². The Kier molecular flexibility index (Phi) is 5.13. The maximum absolute atomic E-state index is 14.1. The second-order valence-electron chi connectivity index (χ2n) is 5.65. The van der Waals surface area contributed by atoms with E-state index in [2.05, 4.69) is 26.3 Å². The summed E-state index contributed by atoms with van der Waals surface area (Å²) in [4.78, 5) is 12.5. The average molecular weight is 424 g/mol. The summed E-state index contributed by atoms with van der Waals surface area (Å²) in [6.45, 7) is 0.0788. The molecule has 1 heterocycles. The number of benzene rings is 2. The fourth-order valence-corrected chi connectivity index (χ4v) is 3.04. The number of rotatable bonds is 4. The molecular formula is C18H13BrF3N3O. The number of hydrogen-bond donors (Lipinski definition) is 1. The molecule has 0 unspecified atom stereocenters. The van der Waals surface area contributed by atoms with Crippen molar-refractivity contribution < 1.29 is 18.0 Å². The van der Waals surface area contributed by atoms with Crippen LogP contribution in [-0.4, -0.2) is 15.7 Å². The van der Waals surface area contributed by atoms with Gasteiger partial charge in [-0.2, -0.15) is 5.10 Å². The Bertz CT molecular complexity index is 968. The molecule has 0 saturated heterocycles. The quantitative estimate of drug-likeness (QED) is 0.683. The summed E-state index contributed by atoms with van der Waals surface area (Å²) in [5.41, 5.74) is 0.811. The Morgan fingerprint density at radius 1 is 1.15 bits per heavy atom. The molecule has 26 heavy (non-hydrogen) atoms. The molecule has 0 spiro atoms. The minimum atomic E-state index is -0.813. The van der Waals surface area contributed by atoms with E-state index in [4.69, 9.17) is 0 Å². The van der Waals surface area contributed by atoms with Crippen molar-refractivity contribution in [2.75, 3.05) is 0 Å². The van der Waals surface area contributed by atoms with Gasteiger partial charge in [-0.05, 0) is 35.9 Å². The molecule has 0 aliphatic heterocycles. The van der Waals surface area contributed by atoms with Crippen molar-refractivity contribution in [1.29, 1.82) is 0 Å². The van der Waals surface area contributed by atoms with Gasteiger partial charge >= 0.3 is 0 Å². The Balaban J connectivity index is 1.86.